The Morgan fingerprint density at radius 3 is 2.53 bits per heavy atom. The first-order valence-corrected chi connectivity index (χ1v) is 5.80. The van der Waals surface area contributed by atoms with Crippen LogP contribution in [-0.4, -0.2) is 29.1 Å². The third-order valence-electron chi connectivity index (χ3n) is 2.15. The van der Waals surface area contributed by atoms with Gasteiger partial charge >= 0.3 is 6.09 Å². The molecule has 6 heteroatoms. The predicted molar refractivity (Wildman–Crippen MR) is 71.3 cm³/mol. The molecule has 1 aromatic rings. The molecule has 0 aliphatic carbocycles. The molecule has 104 valence electrons. The molecule has 1 aromatic carbocycles. The lowest BCUT2D eigenvalue weighted by molar-refractivity contribution is 0.0635. The van der Waals surface area contributed by atoms with E-state index in [1.807, 2.05) is 0 Å². The molecular formula is C13H18N2O4. The summed E-state index contributed by atoms with van der Waals surface area (Å²) in [6.07, 6.45) is -0.750. The Morgan fingerprint density at radius 1 is 1.37 bits per heavy atom. The summed E-state index contributed by atoms with van der Waals surface area (Å²) in [7, 11) is 0. The third-order valence-corrected chi connectivity index (χ3v) is 2.15. The minimum absolute atomic E-state index is 0.00667. The van der Waals surface area contributed by atoms with Crippen LogP contribution in [0.25, 0.3) is 0 Å². The highest BCUT2D eigenvalue weighted by molar-refractivity contribution is 6.06. The van der Waals surface area contributed by atoms with Gasteiger partial charge in [-0.15, -0.1) is 0 Å². The van der Waals surface area contributed by atoms with Gasteiger partial charge < -0.3 is 15.6 Å². The molecular weight excluding hydrogens is 248 g/mol. The van der Waals surface area contributed by atoms with Crippen LogP contribution in [-0.2, 0) is 4.74 Å². The van der Waals surface area contributed by atoms with Crippen LogP contribution in [0.3, 0.4) is 0 Å². The third kappa shape index (κ3) is 4.26. The summed E-state index contributed by atoms with van der Waals surface area (Å²) in [6.45, 7) is 4.92. The first kappa shape index (κ1) is 15.0. The Bertz CT molecular complexity index is 492. The number of phenolic OH excluding ortho intramolecular Hbond substituents is 1. The molecule has 19 heavy (non-hydrogen) atoms. The van der Waals surface area contributed by atoms with Gasteiger partial charge in [-0.25, -0.2) is 4.79 Å². The van der Waals surface area contributed by atoms with Crippen molar-refractivity contribution in [2.75, 3.05) is 11.9 Å². The van der Waals surface area contributed by atoms with E-state index in [9.17, 15) is 14.7 Å². The number of Topliss-reactive ketones (excluding diaryl/α,β-unsaturated/α-hetero) is 1. The Labute approximate surface area is 111 Å². The SMILES string of the molecule is CC(C)(C)OC(=O)Nc1c(O)cccc1C(=O)CN. The fourth-order valence-electron chi connectivity index (χ4n) is 1.42. The van der Waals surface area contributed by atoms with Crippen LogP contribution in [0, 0.1) is 0 Å². The summed E-state index contributed by atoms with van der Waals surface area (Å²) in [5, 5.41) is 12.1. The van der Waals surface area contributed by atoms with Gasteiger partial charge in [-0.2, -0.15) is 0 Å². The Morgan fingerprint density at radius 2 is 2.00 bits per heavy atom. The minimum Gasteiger partial charge on any atom is -0.506 e. The number of anilines is 1. The highest BCUT2D eigenvalue weighted by atomic mass is 16.6. The number of aromatic hydroxyl groups is 1. The predicted octanol–water partition coefficient (Wildman–Crippen LogP) is 1.88. The van der Waals surface area contributed by atoms with E-state index in [1.165, 1.54) is 18.2 Å². The molecule has 0 unspecified atom stereocenters. The monoisotopic (exact) mass is 266 g/mol. The molecule has 0 heterocycles. The molecule has 0 saturated heterocycles. The van der Waals surface area contributed by atoms with Gasteiger partial charge in [0.1, 0.15) is 11.4 Å². The molecule has 1 rings (SSSR count). The number of carbonyl (C=O) groups excluding carboxylic acids is 2. The average molecular weight is 266 g/mol. The molecule has 0 aliphatic heterocycles. The van der Waals surface area contributed by atoms with E-state index in [0.29, 0.717) is 0 Å². The van der Waals surface area contributed by atoms with Crippen LogP contribution >= 0.6 is 0 Å². The van der Waals surface area contributed by atoms with Crippen LogP contribution in [0.4, 0.5) is 10.5 Å². The van der Waals surface area contributed by atoms with Crippen molar-refractivity contribution in [3.8, 4) is 5.75 Å². The lowest BCUT2D eigenvalue weighted by Gasteiger charge is -2.20. The van der Waals surface area contributed by atoms with Crippen LogP contribution in [0.5, 0.6) is 5.75 Å². The van der Waals surface area contributed by atoms with E-state index >= 15 is 0 Å². The molecule has 0 saturated carbocycles. The standard InChI is InChI=1S/C13H18N2O4/c1-13(2,3)19-12(18)15-11-8(10(17)7-14)5-4-6-9(11)16/h4-6,16H,7,14H2,1-3H3,(H,15,18). The normalized spacial score (nSPS) is 10.9. The molecule has 6 nitrogen and oxygen atoms in total. The maximum Gasteiger partial charge on any atom is 0.412 e. The van der Waals surface area contributed by atoms with Gasteiger partial charge in [0.05, 0.1) is 12.2 Å². The van der Waals surface area contributed by atoms with Crippen molar-refractivity contribution in [2.24, 2.45) is 5.73 Å². The number of para-hydroxylation sites is 1. The number of phenols is 1. The van der Waals surface area contributed by atoms with Gasteiger partial charge in [0, 0.05) is 5.56 Å². The smallest absolute Gasteiger partial charge is 0.412 e. The Hall–Kier alpha value is -2.08. The lowest BCUT2D eigenvalue weighted by Crippen LogP contribution is -2.28. The van der Waals surface area contributed by atoms with Crippen molar-refractivity contribution in [1.29, 1.82) is 0 Å². The number of ketones is 1. The van der Waals surface area contributed by atoms with Crippen molar-refractivity contribution < 1.29 is 19.4 Å². The molecule has 1 amide bonds. The van der Waals surface area contributed by atoms with Crippen molar-refractivity contribution in [3.05, 3.63) is 23.8 Å². The van der Waals surface area contributed by atoms with E-state index in [-0.39, 0.29) is 29.3 Å². The van der Waals surface area contributed by atoms with Gasteiger partial charge in [0.15, 0.2) is 5.78 Å². The number of hydrogen-bond donors (Lipinski definition) is 3. The number of carbonyl (C=O) groups is 2. The first-order chi connectivity index (χ1) is 8.74. The second-order valence-electron chi connectivity index (χ2n) is 4.95. The zero-order valence-electron chi connectivity index (χ0n) is 11.2. The summed E-state index contributed by atoms with van der Waals surface area (Å²) >= 11 is 0. The molecule has 0 aliphatic rings. The molecule has 0 aromatic heterocycles. The summed E-state index contributed by atoms with van der Waals surface area (Å²) < 4.78 is 5.06. The largest absolute Gasteiger partial charge is 0.506 e. The lowest BCUT2D eigenvalue weighted by atomic mass is 10.1. The van der Waals surface area contributed by atoms with Crippen molar-refractivity contribution >= 4 is 17.6 Å². The summed E-state index contributed by atoms with van der Waals surface area (Å²) in [5.41, 5.74) is 4.76. The summed E-state index contributed by atoms with van der Waals surface area (Å²) in [4.78, 5) is 23.3. The van der Waals surface area contributed by atoms with E-state index in [0.717, 1.165) is 0 Å². The number of ether oxygens (including phenoxy) is 1. The minimum atomic E-state index is -0.750. The summed E-state index contributed by atoms with van der Waals surface area (Å²) in [6, 6.07) is 4.33. The first-order valence-electron chi connectivity index (χ1n) is 5.80. The fraction of sp³-hybridized carbons (Fsp3) is 0.385. The molecule has 0 radical (unpaired) electrons. The van der Waals surface area contributed by atoms with E-state index < -0.39 is 11.7 Å². The second-order valence-corrected chi connectivity index (χ2v) is 4.95. The van der Waals surface area contributed by atoms with Crippen LogP contribution in [0.15, 0.2) is 18.2 Å². The van der Waals surface area contributed by atoms with Gasteiger partial charge in [-0.3, -0.25) is 10.1 Å². The number of benzene rings is 1. The zero-order chi connectivity index (χ0) is 14.6. The number of amides is 1. The van der Waals surface area contributed by atoms with Crippen LogP contribution in [0.2, 0.25) is 0 Å². The maximum atomic E-state index is 11.7. The highest BCUT2D eigenvalue weighted by Gasteiger charge is 2.20. The molecule has 0 atom stereocenters. The Kier molecular flexibility index (Phi) is 4.50. The molecule has 0 bridgehead atoms. The molecule has 4 N–H and O–H groups in total. The Balaban J connectivity index is 3.00. The fourth-order valence-corrected chi connectivity index (χ4v) is 1.42. The van der Waals surface area contributed by atoms with Crippen molar-refractivity contribution in [2.45, 2.75) is 26.4 Å². The second kappa shape index (κ2) is 5.71. The van der Waals surface area contributed by atoms with Gasteiger partial charge in [-0.05, 0) is 32.9 Å². The highest BCUT2D eigenvalue weighted by Crippen LogP contribution is 2.28. The molecule has 0 spiro atoms. The zero-order valence-corrected chi connectivity index (χ0v) is 11.2. The number of nitrogens with two attached hydrogens (primary N) is 1. The topological polar surface area (TPSA) is 102 Å². The number of rotatable bonds is 3. The summed E-state index contributed by atoms with van der Waals surface area (Å²) in [5.74, 6) is -0.605. The van der Waals surface area contributed by atoms with Crippen molar-refractivity contribution in [1.82, 2.24) is 0 Å². The van der Waals surface area contributed by atoms with E-state index in [1.54, 1.807) is 20.8 Å². The molecule has 0 fully saturated rings. The van der Waals surface area contributed by atoms with Crippen LogP contribution in [0.1, 0.15) is 31.1 Å². The quantitative estimate of drug-likeness (QED) is 0.572. The van der Waals surface area contributed by atoms with Gasteiger partial charge in [0.2, 0.25) is 0 Å². The van der Waals surface area contributed by atoms with Crippen LogP contribution < -0.4 is 11.1 Å². The van der Waals surface area contributed by atoms with E-state index in [2.05, 4.69) is 5.32 Å². The maximum absolute atomic E-state index is 11.7. The van der Waals surface area contributed by atoms with Crippen molar-refractivity contribution in [3.63, 3.8) is 0 Å². The number of nitrogens with one attached hydrogen (secondary N) is 1. The van der Waals surface area contributed by atoms with Gasteiger partial charge in [-0.1, -0.05) is 6.07 Å². The van der Waals surface area contributed by atoms with E-state index in [4.69, 9.17) is 10.5 Å². The number of hydrogen-bond acceptors (Lipinski definition) is 5. The average Bonchev–Trinajstić information content (AvgIpc) is 2.28. The van der Waals surface area contributed by atoms with Gasteiger partial charge in [0.25, 0.3) is 0 Å².